The number of amides is 1. The van der Waals surface area contributed by atoms with Gasteiger partial charge in [-0.15, -0.1) is 0 Å². The first-order valence-corrected chi connectivity index (χ1v) is 10.5. The van der Waals surface area contributed by atoms with Gasteiger partial charge in [-0.1, -0.05) is 42.1 Å². The van der Waals surface area contributed by atoms with E-state index in [1.807, 2.05) is 30.5 Å². The lowest BCUT2D eigenvalue weighted by molar-refractivity contribution is -0.116. The van der Waals surface area contributed by atoms with Gasteiger partial charge in [0.2, 0.25) is 0 Å². The molecule has 2 aliphatic heterocycles. The molecule has 0 spiro atoms. The van der Waals surface area contributed by atoms with Gasteiger partial charge in [0, 0.05) is 26.2 Å². The molecular weight excluding hydrogens is 368 g/mol. The fraction of sp³-hybridized carbons (Fsp3) is 0.273. The number of hydrogen-bond donors (Lipinski definition) is 1. The number of carbonyl (C=O) groups is 1. The van der Waals surface area contributed by atoms with E-state index in [0.717, 1.165) is 53.7 Å². The molecule has 0 unspecified atom stereocenters. The second-order valence-corrected chi connectivity index (χ2v) is 8.32. The van der Waals surface area contributed by atoms with Crippen molar-refractivity contribution in [1.29, 1.82) is 0 Å². The van der Waals surface area contributed by atoms with Gasteiger partial charge >= 0.3 is 0 Å². The van der Waals surface area contributed by atoms with E-state index in [2.05, 4.69) is 43.9 Å². The summed E-state index contributed by atoms with van der Waals surface area (Å²) in [7, 11) is 0. The fourth-order valence-corrected chi connectivity index (χ4v) is 4.94. The maximum Gasteiger partial charge on any atom is 0.258 e. The van der Waals surface area contributed by atoms with Crippen molar-refractivity contribution < 1.29 is 4.79 Å². The third-order valence-electron chi connectivity index (χ3n) is 5.38. The van der Waals surface area contributed by atoms with Crippen molar-refractivity contribution in [3.8, 4) is 0 Å². The van der Waals surface area contributed by atoms with Gasteiger partial charge in [-0.25, -0.2) is 4.98 Å². The van der Waals surface area contributed by atoms with Gasteiger partial charge in [0.05, 0.1) is 21.8 Å². The van der Waals surface area contributed by atoms with Gasteiger partial charge in [0.15, 0.2) is 0 Å². The number of nitrogens with one attached hydrogen (secondary N) is 1. The predicted molar refractivity (Wildman–Crippen MR) is 112 cm³/mol. The summed E-state index contributed by atoms with van der Waals surface area (Å²) in [6.45, 7) is 3.81. The van der Waals surface area contributed by atoms with E-state index in [4.69, 9.17) is 0 Å². The number of thioether (sulfide) groups is 1. The molecule has 0 fully saturated rings. The average molecular weight is 391 g/mol. The highest BCUT2D eigenvalue weighted by Crippen LogP contribution is 2.34. The first-order valence-electron chi connectivity index (χ1n) is 9.71. The third-order valence-corrected chi connectivity index (χ3v) is 6.44. The Bertz CT molecular complexity index is 1070. The molecule has 1 N–H and O–H groups in total. The van der Waals surface area contributed by atoms with Crippen molar-refractivity contribution in [1.82, 2.24) is 19.6 Å². The molecule has 1 aromatic carbocycles. The van der Waals surface area contributed by atoms with Gasteiger partial charge in [0.25, 0.3) is 5.91 Å². The lowest BCUT2D eigenvalue weighted by Crippen LogP contribution is -2.34. The van der Waals surface area contributed by atoms with Crippen molar-refractivity contribution in [3.05, 3.63) is 70.4 Å². The zero-order valence-corrected chi connectivity index (χ0v) is 16.4. The van der Waals surface area contributed by atoms with Crippen LogP contribution in [0.5, 0.6) is 0 Å². The molecule has 0 saturated heterocycles. The normalized spacial score (nSPS) is 15.9. The van der Waals surface area contributed by atoms with Crippen molar-refractivity contribution >= 4 is 29.4 Å². The van der Waals surface area contributed by atoms with Gasteiger partial charge < -0.3 is 5.32 Å². The zero-order valence-electron chi connectivity index (χ0n) is 15.6. The number of nitrogens with zero attached hydrogens (tertiary/aromatic N) is 3. The Balaban J connectivity index is 1.14. The minimum absolute atomic E-state index is 0.00144. The molecule has 5 rings (SSSR count). The van der Waals surface area contributed by atoms with E-state index >= 15 is 0 Å². The van der Waals surface area contributed by atoms with E-state index in [1.165, 1.54) is 22.9 Å². The Morgan fingerprint density at radius 3 is 2.96 bits per heavy atom. The number of pyridine rings is 1. The van der Waals surface area contributed by atoms with Crippen LogP contribution in [0.2, 0.25) is 0 Å². The summed E-state index contributed by atoms with van der Waals surface area (Å²) in [6, 6.07) is 14.7. The largest absolute Gasteiger partial charge is 0.352 e. The van der Waals surface area contributed by atoms with E-state index in [-0.39, 0.29) is 5.91 Å². The maximum absolute atomic E-state index is 12.6. The molecule has 1 amide bonds. The maximum atomic E-state index is 12.6. The quantitative estimate of drug-likeness (QED) is 0.679. The smallest absolute Gasteiger partial charge is 0.258 e. The van der Waals surface area contributed by atoms with E-state index in [1.54, 1.807) is 0 Å². The number of imidazole rings is 1. The second-order valence-electron chi connectivity index (χ2n) is 7.26. The SMILES string of the molecule is O=C(NCCCN1CCc2ccccc2C1)C1=Cc2cnc3cccc(n23)S1. The van der Waals surface area contributed by atoms with Crippen LogP contribution >= 0.6 is 11.8 Å². The zero-order chi connectivity index (χ0) is 18.9. The first-order chi connectivity index (χ1) is 13.8. The van der Waals surface area contributed by atoms with Crippen LogP contribution in [-0.2, 0) is 17.8 Å². The Morgan fingerprint density at radius 2 is 2.04 bits per heavy atom. The van der Waals surface area contributed by atoms with Crippen LogP contribution in [0.3, 0.4) is 0 Å². The van der Waals surface area contributed by atoms with Crippen LogP contribution in [0.15, 0.2) is 58.6 Å². The summed E-state index contributed by atoms with van der Waals surface area (Å²) in [6.07, 6.45) is 5.82. The number of hydrogen-bond acceptors (Lipinski definition) is 4. The highest BCUT2D eigenvalue weighted by Gasteiger charge is 2.20. The lowest BCUT2D eigenvalue weighted by atomic mass is 10.00. The molecule has 142 valence electrons. The number of rotatable bonds is 5. The molecule has 4 heterocycles. The molecule has 28 heavy (non-hydrogen) atoms. The number of benzene rings is 1. The van der Waals surface area contributed by atoms with Crippen LogP contribution in [-0.4, -0.2) is 39.8 Å². The lowest BCUT2D eigenvalue weighted by Gasteiger charge is -2.28. The van der Waals surface area contributed by atoms with Gasteiger partial charge in [-0.3, -0.25) is 14.1 Å². The fourth-order valence-electron chi connectivity index (χ4n) is 3.94. The van der Waals surface area contributed by atoms with Crippen molar-refractivity contribution in [2.45, 2.75) is 24.4 Å². The molecule has 0 radical (unpaired) electrons. The molecule has 5 nitrogen and oxygen atoms in total. The number of fused-ring (bicyclic) bond motifs is 1. The Kier molecular flexibility index (Phi) is 4.66. The number of aromatic nitrogens is 2. The number of carbonyl (C=O) groups excluding carboxylic acids is 1. The molecule has 0 aliphatic carbocycles. The van der Waals surface area contributed by atoms with Gasteiger partial charge in [-0.05, 0) is 42.2 Å². The van der Waals surface area contributed by atoms with E-state index in [9.17, 15) is 4.79 Å². The summed E-state index contributed by atoms with van der Waals surface area (Å²) >= 11 is 1.50. The highest BCUT2D eigenvalue weighted by atomic mass is 32.2. The summed E-state index contributed by atoms with van der Waals surface area (Å²) in [5.41, 5.74) is 4.79. The molecule has 3 aromatic rings. The summed E-state index contributed by atoms with van der Waals surface area (Å²) in [4.78, 5) is 20.2. The monoisotopic (exact) mass is 390 g/mol. The summed E-state index contributed by atoms with van der Waals surface area (Å²) in [5, 5.41) is 4.11. The van der Waals surface area contributed by atoms with Crippen LogP contribution in [0.4, 0.5) is 0 Å². The first kappa shape index (κ1) is 17.5. The Morgan fingerprint density at radius 1 is 1.14 bits per heavy atom. The third kappa shape index (κ3) is 3.34. The molecular formula is C22H22N4OS. The standard InChI is InChI=1S/C22H22N4OS/c27-22(19-13-18-14-24-20-7-3-8-21(28-19)26(18)20)23-10-4-11-25-12-9-16-5-1-2-6-17(16)15-25/h1-3,5-8,13-14H,4,9-12,15H2,(H,23,27). The second kappa shape index (κ2) is 7.45. The van der Waals surface area contributed by atoms with Crippen molar-refractivity contribution in [2.75, 3.05) is 19.6 Å². The molecule has 0 saturated carbocycles. The van der Waals surface area contributed by atoms with E-state index < -0.39 is 0 Å². The van der Waals surface area contributed by atoms with E-state index in [0.29, 0.717) is 6.54 Å². The van der Waals surface area contributed by atoms with Gasteiger partial charge in [0.1, 0.15) is 5.65 Å². The molecule has 0 atom stereocenters. The highest BCUT2D eigenvalue weighted by molar-refractivity contribution is 8.04. The van der Waals surface area contributed by atoms with Crippen LogP contribution in [0, 0.1) is 0 Å². The van der Waals surface area contributed by atoms with Crippen molar-refractivity contribution in [3.63, 3.8) is 0 Å². The minimum Gasteiger partial charge on any atom is -0.352 e. The van der Waals surface area contributed by atoms with Crippen LogP contribution < -0.4 is 5.32 Å². The molecule has 6 heteroatoms. The van der Waals surface area contributed by atoms with Crippen LogP contribution in [0.1, 0.15) is 23.2 Å². The molecule has 0 bridgehead atoms. The summed E-state index contributed by atoms with van der Waals surface area (Å²) < 4.78 is 2.08. The molecule has 2 aliphatic rings. The molecule has 2 aromatic heterocycles. The topological polar surface area (TPSA) is 49.6 Å². The van der Waals surface area contributed by atoms with Crippen LogP contribution in [0.25, 0.3) is 11.7 Å². The Hall–Kier alpha value is -2.57. The average Bonchev–Trinajstić information content (AvgIpc) is 3.15. The Labute approximate surface area is 168 Å². The van der Waals surface area contributed by atoms with Crippen molar-refractivity contribution in [2.24, 2.45) is 0 Å². The van der Waals surface area contributed by atoms with Gasteiger partial charge in [-0.2, -0.15) is 0 Å². The summed E-state index contributed by atoms with van der Waals surface area (Å²) in [5.74, 6) is -0.00144. The predicted octanol–water partition coefficient (Wildman–Crippen LogP) is 3.35. The minimum atomic E-state index is -0.00144.